The van der Waals surface area contributed by atoms with E-state index in [2.05, 4.69) is 23.8 Å². The molecule has 0 aromatic rings. The Morgan fingerprint density at radius 3 is 2.91 bits per heavy atom. The molecule has 0 aromatic carbocycles. The van der Waals surface area contributed by atoms with Crippen LogP contribution < -0.4 is 0 Å². The van der Waals surface area contributed by atoms with E-state index in [4.69, 9.17) is 0 Å². The minimum absolute atomic E-state index is 0.441. The van der Waals surface area contributed by atoms with Crippen LogP contribution >= 0.6 is 0 Å². The Labute approximate surface area is 67.8 Å². The van der Waals surface area contributed by atoms with Crippen molar-refractivity contribution in [2.24, 2.45) is 9.98 Å². The van der Waals surface area contributed by atoms with Gasteiger partial charge in [0.1, 0.15) is 0 Å². The van der Waals surface area contributed by atoms with Crippen molar-refractivity contribution in [3.05, 3.63) is 11.8 Å². The number of nitrogens with zero attached hydrogens (tertiary/aromatic N) is 2. The predicted molar refractivity (Wildman–Crippen MR) is 49.4 cm³/mol. The average Bonchev–Trinajstić information content (AvgIpc) is 1.85. The molecule has 0 aliphatic carbocycles. The minimum Gasteiger partial charge on any atom is -0.288 e. The fourth-order valence-electron chi connectivity index (χ4n) is 0.933. The van der Waals surface area contributed by atoms with Crippen molar-refractivity contribution in [3.63, 3.8) is 0 Å². The predicted octanol–water partition coefficient (Wildman–Crippen LogP) is 2.21. The van der Waals surface area contributed by atoms with Crippen molar-refractivity contribution in [2.45, 2.75) is 32.7 Å². The fourth-order valence-corrected chi connectivity index (χ4v) is 0.933. The van der Waals surface area contributed by atoms with Crippen LogP contribution in [0.15, 0.2) is 21.8 Å². The van der Waals surface area contributed by atoms with Crippen LogP contribution in [-0.4, -0.2) is 18.5 Å². The number of hydrogen-bond acceptors (Lipinski definition) is 2. The fraction of sp³-hybridized carbons (Fsp3) is 0.556. The van der Waals surface area contributed by atoms with Gasteiger partial charge in [0.05, 0.1) is 5.70 Å². The zero-order valence-electron chi connectivity index (χ0n) is 7.12. The van der Waals surface area contributed by atoms with E-state index >= 15 is 0 Å². The van der Waals surface area contributed by atoms with Gasteiger partial charge < -0.3 is 0 Å². The Morgan fingerprint density at radius 1 is 1.73 bits per heavy atom. The Balaban J connectivity index is 2.22. The molecule has 1 atom stereocenters. The molecular weight excluding hydrogens is 136 g/mol. The Morgan fingerprint density at radius 2 is 2.45 bits per heavy atom. The van der Waals surface area contributed by atoms with Gasteiger partial charge in [-0.05, 0) is 19.4 Å². The molecule has 2 nitrogen and oxygen atoms in total. The Hall–Kier alpha value is -0.920. The smallest absolute Gasteiger partial charge is 0.0823 e. The molecule has 0 fully saturated rings. The molecule has 0 N–H and O–H groups in total. The molecule has 1 unspecified atom stereocenters. The molecule has 0 saturated carbocycles. The zero-order valence-corrected chi connectivity index (χ0v) is 7.12. The first-order valence-electron chi connectivity index (χ1n) is 4.10. The summed E-state index contributed by atoms with van der Waals surface area (Å²) in [6.07, 6.45) is 7.95. The van der Waals surface area contributed by atoms with Gasteiger partial charge in [0.2, 0.25) is 0 Å². The number of hydrogen-bond donors (Lipinski definition) is 0. The minimum atomic E-state index is 0.441. The highest BCUT2D eigenvalue weighted by Crippen LogP contribution is 2.03. The summed E-state index contributed by atoms with van der Waals surface area (Å²) >= 11 is 0. The Kier molecular flexibility index (Phi) is 3.02. The molecular formula is C9H14N2. The number of allylic oxidation sites excluding steroid dienone is 2. The molecule has 0 spiro atoms. The molecule has 2 heteroatoms. The summed E-state index contributed by atoms with van der Waals surface area (Å²) in [5.74, 6) is 0. The van der Waals surface area contributed by atoms with Crippen molar-refractivity contribution < 1.29 is 0 Å². The highest BCUT2D eigenvalue weighted by atomic mass is 14.8. The van der Waals surface area contributed by atoms with E-state index in [0.29, 0.717) is 6.04 Å². The molecule has 0 saturated heterocycles. The Bertz CT molecular complexity index is 202. The van der Waals surface area contributed by atoms with Crippen molar-refractivity contribution in [2.75, 3.05) is 0 Å². The summed E-state index contributed by atoms with van der Waals surface area (Å²) in [4.78, 5) is 8.32. The summed E-state index contributed by atoms with van der Waals surface area (Å²) in [5.41, 5.74) is 0.993. The lowest BCUT2D eigenvalue weighted by Gasteiger charge is -2.03. The molecule has 60 valence electrons. The number of rotatable bonds is 4. The van der Waals surface area contributed by atoms with Gasteiger partial charge >= 0.3 is 0 Å². The second-order valence-corrected chi connectivity index (χ2v) is 2.79. The summed E-state index contributed by atoms with van der Waals surface area (Å²) in [6.45, 7) is 4.30. The zero-order chi connectivity index (χ0) is 8.10. The lowest BCUT2D eigenvalue weighted by Crippen LogP contribution is -1.99. The van der Waals surface area contributed by atoms with Gasteiger partial charge in [-0.3, -0.25) is 9.98 Å². The van der Waals surface area contributed by atoms with Crippen LogP contribution in [0.5, 0.6) is 0 Å². The molecule has 1 heterocycles. The van der Waals surface area contributed by atoms with Gasteiger partial charge in [0.25, 0.3) is 0 Å². The standard InChI is InChI=1S/C9H14N2/c1-3-4-8(2)11-7-9-5-6-10-9/h5-8H,3-4H2,1-2H3/b11-7+. The lowest BCUT2D eigenvalue weighted by atomic mass is 10.2. The van der Waals surface area contributed by atoms with Gasteiger partial charge in [-0.2, -0.15) is 0 Å². The first kappa shape index (κ1) is 8.18. The maximum Gasteiger partial charge on any atom is 0.0823 e. The van der Waals surface area contributed by atoms with Gasteiger partial charge in [0, 0.05) is 18.5 Å². The summed E-state index contributed by atoms with van der Waals surface area (Å²) in [5, 5.41) is 0. The second kappa shape index (κ2) is 4.06. The van der Waals surface area contributed by atoms with Crippen LogP contribution in [-0.2, 0) is 0 Å². The molecule has 0 amide bonds. The molecule has 0 radical (unpaired) electrons. The first-order valence-corrected chi connectivity index (χ1v) is 4.10. The molecule has 0 bridgehead atoms. The largest absolute Gasteiger partial charge is 0.288 e. The van der Waals surface area contributed by atoms with E-state index in [0.717, 1.165) is 12.1 Å². The molecule has 11 heavy (non-hydrogen) atoms. The third kappa shape index (κ3) is 2.66. The normalized spacial score (nSPS) is 18.2. The van der Waals surface area contributed by atoms with Crippen LogP contribution in [0, 0.1) is 0 Å². The van der Waals surface area contributed by atoms with E-state index in [9.17, 15) is 0 Å². The van der Waals surface area contributed by atoms with E-state index in [1.165, 1.54) is 6.42 Å². The van der Waals surface area contributed by atoms with Crippen molar-refractivity contribution in [3.8, 4) is 0 Å². The lowest BCUT2D eigenvalue weighted by molar-refractivity contribution is 0.657. The first-order chi connectivity index (χ1) is 5.33. The van der Waals surface area contributed by atoms with E-state index in [1.807, 2.05) is 12.3 Å². The van der Waals surface area contributed by atoms with Crippen LogP contribution in [0.25, 0.3) is 0 Å². The van der Waals surface area contributed by atoms with Crippen LogP contribution in [0.4, 0.5) is 0 Å². The van der Waals surface area contributed by atoms with Crippen molar-refractivity contribution >= 4 is 12.4 Å². The van der Waals surface area contributed by atoms with E-state index in [-0.39, 0.29) is 0 Å². The van der Waals surface area contributed by atoms with Crippen molar-refractivity contribution in [1.29, 1.82) is 0 Å². The monoisotopic (exact) mass is 150 g/mol. The van der Waals surface area contributed by atoms with Gasteiger partial charge in [-0.1, -0.05) is 13.3 Å². The van der Waals surface area contributed by atoms with Crippen LogP contribution in [0.1, 0.15) is 26.7 Å². The third-order valence-corrected chi connectivity index (χ3v) is 1.64. The maximum atomic E-state index is 4.33. The van der Waals surface area contributed by atoms with E-state index < -0.39 is 0 Å². The quantitative estimate of drug-likeness (QED) is 0.549. The average molecular weight is 150 g/mol. The molecule has 1 rings (SSSR count). The highest BCUT2D eigenvalue weighted by Gasteiger charge is 1.97. The SMILES string of the molecule is CCCC(C)/N=C/C1=CC=N1. The topological polar surface area (TPSA) is 24.7 Å². The number of aliphatic imine (C=N–C) groups is 2. The van der Waals surface area contributed by atoms with E-state index in [1.54, 1.807) is 6.21 Å². The summed E-state index contributed by atoms with van der Waals surface area (Å²) < 4.78 is 0. The maximum absolute atomic E-state index is 4.33. The van der Waals surface area contributed by atoms with Crippen molar-refractivity contribution in [1.82, 2.24) is 0 Å². The van der Waals surface area contributed by atoms with Crippen LogP contribution in [0.3, 0.4) is 0 Å². The van der Waals surface area contributed by atoms with Gasteiger partial charge in [0.15, 0.2) is 0 Å². The molecule has 0 aromatic heterocycles. The summed E-state index contributed by atoms with van der Waals surface area (Å²) in [7, 11) is 0. The second-order valence-electron chi connectivity index (χ2n) is 2.79. The third-order valence-electron chi connectivity index (χ3n) is 1.64. The van der Waals surface area contributed by atoms with Gasteiger partial charge in [-0.25, -0.2) is 0 Å². The summed E-state index contributed by atoms with van der Waals surface area (Å²) in [6, 6.07) is 0.441. The van der Waals surface area contributed by atoms with Gasteiger partial charge in [-0.15, -0.1) is 0 Å². The molecule has 1 aliphatic heterocycles. The highest BCUT2D eigenvalue weighted by molar-refractivity contribution is 5.94. The molecule has 1 aliphatic rings. The van der Waals surface area contributed by atoms with Crippen LogP contribution in [0.2, 0.25) is 0 Å².